The Morgan fingerprint density at radius 1 is 1.17 bits per heavy atom. The minimum Gasteiger partial charge on any atom is -0.354 e. The summed E-state index contributed by atoms with van der Waals surface area (Å²) in [6.07, 6.45) is -3.56. The monoisotopic (exact) mass is 437 g/mol. The van der Waals surface area contributed by atoms with Gasteiger partial charge in [-0.15, -0.1) is 0 Å². The molecule has 7 nitrogen and oxygen atoms in total. The molecule has 30 heavy (non-hydrogen) atoms. The van der Waals surface area contributed by atoms with Crippen LogP contribution in [0.25, 0.3) is 10.2 Å². The van der Waals surface area contributed by atoms with E-state index >= 15 is 0 Å². The maximum Gasteiger partial charge on any atom is 0.417 e. The number of hydrogen-bond acceptors (Lipinski definition) is 6. The Kier molecular flexibility index (Phi) is 5.48. The van der Waals surface area contributed by atoms with Crippen molar-refractivity contribution in [3.05, 3.63) is 51.8 Å². The van der Waals surface area contributed by atoms with Crippen molar-refractivity contribution < 1.29 is 18.0 Å². The lowest BCUT2D eigenvalue weighted by Crippen LogP contribution is -2.48. The van der Waals surface area contributed by atoms with Crippen LogP contribution in [-0.2, 0) is 11.0 Å². The molecule has 0 bridgehead atoms. The molecular formula is C19H18F3N5O2S. The van der Waals surface area contributed by atoms with E-state index in [0.717, 1.165) is 33.8 Å². The van der Waals surface area contributed by atoms with Crippen molar-refractivity contribution in [1.29, 1.82) is 0 Å². The third-order valence-corrected chi connectivity index (χ3v) is 5.69. The summed E-state index contributed by atoms with van der Waals surface area (Å²) in [5, 5.41) is 2.83. The van der Waals surface area contributed by atoms with Crippen LogP contribution < -0.4 is 15.1 Å². The van der Waals surface area contributed by atoms with Crippen LogP contribution in [0.4, 0.5) is 24.7 Å². The van der Waals surface area contributed by atoms with Gasteiger partial charge in [-0.1, -0.05) is 11.3 Å². The highest BCUT2D eigenvalue weighted by atomic mass is 32.1. The first-order valence-corrected chi connectivity index (χ1v) is 10.0. The summed E-state index contributed by atoms with van der Waals surface area (Å²) in [6, 6.07) is 7.64. The van der Waals surface area contributed by atoms with Gasteiger partial charge in [0.15, 0.2) is 0 Å². The van der Waals surface area contributed by atoms with Crippen LogP contribution in [0.15, 0.2) is 41.3 Å². The number of amides is 1. The quantitative estimate of drug-likeness (QED) is 0.656. The topological polar surface area (TPSA) is 81.3 Å². The van der Waals surface area contributed by atoms with Crippen molar-refractivity contribution in [3.8, 4) is 0 Å². The van der Waals surface area contributed by atoms with E-state index < -0.39 is 11.7 Å². The van der Waals surface area contributed by atoms with E-state index in [0.29, 0.717) is 37.7 Å². The Morgan fingerprint density at radius 3 is 2.60 bits per heavy atom. The van der Waals surface area contributed by atoms with Gasteiger partial charge in [0.25, 0.3) is 0 Å². The van der Waals surface area contributed by atoms with Gasteiger partial charge in [-0.05, 0) is 30.3 Å². The van der Waals surface area contributed by atoms with E-state index in [1.807, 2.05) is 9.80 Å². The summed E-state index contributed by atoms with van der Waals surface area (Å²) in [7, 11) is 0. The smallest absolute Gasteiger partial charge is 0.354 e. The summed E-state index contributed by atoms with van der Waals surface area (Å²) in [5.74, 6) is 0.323. The first-order valence-electron chi connectivity index (χ1n) is 9.21. The molecular weight excluding hydrogens is 419 g/mol. The fraction of sp³-hybridized carbons (Fsp3) is 0.316. The van der Waals surface area contributed by atoms with Gasteiger partial charge in [-0.25, -0.2) is 4.98 Å². The minimum atomic E-state index is -4.40. The molecule has 0 aliphatic carbocycles. The average molecular weight is 437 g/mol. The predicted octanol–water partition coefficient (Wildman–Crippen LogP) is 2.76. The zero-order valence-corrected chi connectivity index (χ0v) is 16.5. The van der Waals surface area contributed by atoms with E-state index in [1.54, 1.807) is 18.2 Å². The highest BCUT2D eigenvalue weighted by Gasteiger charge is 2.31. The second-order valence-electron chi connectivity index (χ2n) is 6.94. The molecule has 0 atom stereocenters. The van der Waals surface area contributed by atoms with Crippen LogP contribution in [0.5, 0.6) is 0 Å². The number of anilines is 2. The number of carbonyl (C=O) groups excluding carboxylic acids is 1. The second kappa shape index (κ2) is 8.07. The number of carbonyl (C=O) groups is 1. The van der Waals surface area contributed by atoms with Gasteiger partial charge in [0.1, 0.15) is 5.82 Å². The van der Waals surface area contributed by atoms with Gasteiger partial charge in [0.2, 0.25) is 5.91 Å². The predicted molar refractivity (Wildman–Crippen MR) is 109 cm³/mol. The van der Waals surface area contributed by atoms with Gasteiger partial charge in [0.05, 0.1) is 22.3 Å². The number of nitrogens with zero attached hydrogens (tertiary/aromatic N) is 3. The van der Waals surface area contributed by atoms with Crippen LogP contribution in [0, 0.1) is 0 Å². The molecule has 3 heterocycles. The average Bonchev–Trinajstić information content (AvgIpc) is 3.07. The van der Waals surface area contributed by atoms with E-state index in [2.05, 4.69) is 15.3 Å². The van der Waals surface area contributed by atoms with Crippen molar-refractivity contribution in [2.45, 2.75) is 6.18 Å². The zero-order valence-electron chi connectivity index (χ0n) is 15.7. The molecule has 0 saturated carbocycles. The largest absolute Gasteiger partial charge is 0.417 e. The number of nitrogens with one attached hydrogen (secondary N) is 2. The van der Waals surface area contributed by atoms with Crippen molar-refractivity contribution in [2.24, 2.45) is 0 Å². The maximum absolute atomic E-state index is 12.7. The lowest BCUT2D eigenvalue weighted by molar-refractivity contribution is -0.137. The first kappa shape index (κ1) is 20.4. The Labute approximate surface area is 173 Å². The number of hydrogen-bond donors (Lipinski definition) is 2. The number of piperazine rings is 1. The molecule has 0 unspecified atom stereocenters. The summed E-state index contributed by atoms with van der Waals surface area (Å²) in [5.41, 5.74) is 0.581. The Morgan fingerprint density at radius 2 is 1.93 bits per heavy atom. The number of fused-ring (bicyclic) bond motifs is 1. The van der Waals surface area contributed by atoms with Crippen molar-refractivity contribution in [2.75, 3.05) is 42.9 Å². The number of pyridine rings is 1. The highest BCUT2D eigenvalue weighted by molar-refractivity contribution is 7.16. The fourth-order valence-electron chi connectivity index (χ4n) is 3.30. The molecule has 1 aliphatic heterocycles. The number of aromatic amines is 1. The van der Waals surface area contributed by atoms with Gasteiger partial charge in [0, 0.05) is 38.1 Å². The molecule has 2 aromatic heterocycles. The summed E-state index contributed by atoms with van der Waals surface area (Å²) in [4.78, 5) is 34.1. The number of halogens is 3. The molecule has 1 amide bonds. The SMILES string of the molecule is O=C(CN1CCN(c2ccc(C(F)(F)F)cn2)CC1)Nc1ccc2[nH]c(=O)sc2c1. The van der Waals surface area contributed by atoms with Gasteiger partial charge < -0.3 is 15.2 Å². The number of H-pyrrole nitrogens is 1. The molecule has 3 aromatic rings. The van der Waals surface area contributed by atoms with E-state index in [1.165, 1.54) is 6.07 Å². The van der Waals surface area contributed by atoms with Crippen molar-refractivity contribution in [1.82, 2.24) is 14.9 Å². The van der Waals surface area contributed by atoms with Crippen molar-refractivity contribution in [3.63, 3.8) is 0 Å². The zero-order chi connectivity index (χ0) is 21.3. The lowest BCUT2D eigenvalue weighted by atomic mass is 10.2. The molecule has 4 rings (SSSR count). The number of aromatic nitrogens is 2. The first-order chi connectivity index (χ1) is 14.3. The van der Waals surface area contributed by atoms with Gasteiger partial charge in [-0.3, -0.25) is 14.5 Å². The fourth-order valence-corrected chi connectivity index (χ4v) is 4.08. The molecule has 0 radical (unpaired) electrons. The van der Waals surface area contributed by atoms with Crippen LogP contribution in [0.3, 0.4) is 0 Å². The van der Waals surface area contributed by atoms with Gasteiger partial charge >= 0.3 is 11.0 Å². The molecule has 1 fully saturated rings. The standard InChI is InChI=1S/C19H18F3N5O2S/c20-19(21,22)12-1-4-16(23-10-12)27-7-5-26(6-8-27)11-17(28)24-13-2-3-14-15(9-13)30-18(29)25-14/h1-4,9-10H,5-8,11H2,(H,24,28)(H,25,29). The van der Waals surface area contributed by atoms with E-state index in [-0.39, 0.29) is 17.3 Å². The number of rotatable bonds is 4. The van der Waals surface area contributed by atoms with Crippen LogP contribution in [-0.4, -0.2) is 53.5 Å². The molecule has 1 aliphatic rings. The Hall–Kier alpha value is -2.92. The second-order valence-corrected chi connectivity index (χ2v) is 7.95. The molecule has 11 heteroatoms. The number of benzene rings is 1. The molecule has 1 aromatic carbocycles. The minimum absolute atomic E-state index is 0.145. The van der Waals surface area contributed by atoms with E-state index in [9.17, 15) is 22.8 Å². The summed E-state index contributed by atoms with van der Waals surface area (Å²) >= 11 is 1.08. The number of thiazole rings is 1. The molecule has 0 spiro atoms. The Bertz CT molecular complexity index is 1100. The van der Waals surface area contributed by atoms with Crippen LogP contribution in [0.1, 0.15) is 5.56 Å². The highest BCUT2D eigenvalue weighted by Crippen LogP contribution is 2.29. The summed E-state index contributed by atoms with van der Waals surface area (Å²) < 4.78 is 38.7. The molecule has 1 saturated heterocycles. The third-order valence-electron chi connectivity index (χ3n) is 4.84. The normalized spacial score (nSPS) is 15.5. The molecule has 2 N–H and O–H groups in total. The lowest BCUT2D eigenvalue weighted by Gasteiger charge is -2.35. The number of alkyl halides is 3. The molecule has 158 valence electrons. The van der Waals surface area contributed by atoms with Crippen LogP contribution >= 0.6 is 11.3 Å². The van der Waals surface area contributed by atoms with Crippen molar-refractivity contribution >= 4 is 39.0 Å². The van der Waals surface area contributed by atoms with Crippen LogP contribution in [0.2, 0.25) is 0 Å². The van der Waals surface area contributed by atoms with E-state index in [4.69, 9.17) is 0 Å². The summed E-state index contributed by atoms with van der Waals surface area (Å²) in [6.45, 7) is 2.52. The van der Waals surface area contributed by atoms with Gasteiger partial charge in [-0.2, -0.15) is 13.2 Å². The maximum atomic E-state index is 12.7. The third kappa shape index (κ3) is 4.62. The Balaban J connectivity index is 1.29.